The first-order valence-corrected chi connectivity index (χ1v) is 6.06. The van der Waals surface area contributed by atoms with Crippen molar-refractivity contribution in [2.45, 2.75) is 26.4 Å². The summed E-state index contributed by atoms with van der Waals surface area (Å²) in [7, 11) is 2.05. The Hall–Kier alpha value is -1.54. The van der Waals surface area contributed by atoms with E-state index in [0.717, 1.165) is 6.54 Å². The van der Waals surface area contributed by atoms with Crippen LogP contribution in [0.2, 0.25) is 0 Å². The van der Waals surface area contributed by atoms with Gasteiger partial charge in [-0.25, -0.2) is 0 Å². The summed E-state index contributed by atoms with van der Waals surface area (Å²) >= 11 is 0. The molecule has 0 spiro atoms. The molecular formula is C15H20N2. The SMILES string of the molecule is Cc1ccccc1[C@@H](C)NCc1ccn(C)c1. The predicted octanol–water partition coefficient (Wildman–Crippen LogP) is 3.18. The third-order valence-corrected chi connectivity index (χ3v) is 3.16. The van der Waals surface area contributed by atoms with Crippen LogP contribution in [0.25, 0.3) is 0 Å². The molecule has 1 N–H and O–H groups in total. The second-order valence-corrected chi connectivity index (χ2v) is 4.64. The highest BCUT2D eigenvalue weighted by Gasteiger charge is 2.07. The van der Waals surface area contributed by atoms with Crippen molar-refractivity contribution >= 4 is 0 Å². The third kappa shape index (κ3) is 2.98. The number of hydrogen-bond acceptors (Lipinski definition) is 1. The van der Waals surface area contributed by atoms with E-state index in [1.165, 1.54) is 16.7 Å². The van der Waals surface area contributed by atoms with Crippen molar-refractivity contribution in [2.24, 2.45) is 7.05 Å². The van der Waals surface area contributed by atoms with E-state index < -0.39 is 0 Å². The van der Waals surface area contributed by atoms with Crippen LogP contribution in [0.5, 0.6) is 0 Å². The number of nitrogens with one attached hydrogen (secondary N) is 1. The fourth-order valence-electron chi connectivity index (χ4n) is 2.12. The number of aromatic nitrogens is 1. The maximum atomic E-state index is 3.56. The van der Waals surface area contributed by atoms with Crippen LogP contribution < -0.4 is 5.32 Å². The predicted molar refractivity (Wildman–Crippen MR) is 71.8 cm³/mol. The standard InChI is InChI=1S/C15H20N2/c1-12-6-4-5-7-15(12)13(2)16-10-14-8-9-17(3)11-14/h4-9,11,13,16H,10H2,1-3H3/t13-/m1/s1. The van der Waals surface area contributed by atoms with Crippen LogP contribution in [0.1, 0.15) is 29.7 Å². The van der Waals surface area contributed by atoms with Crippen molar-refractivity contribution in [1.82, 2.24) is 9.88 Å². The summed E-state index contributed by atoms with van der Waals surface area (Å²) in [5.74, 6) is 0. The lowest BCUT2D eigenvalue weighted by atomic mass is 10.0. The van der Waals surface area contributed by atoms with Gasteiger partial charge < -0.3 is 9.88 Å². The van der Waals surface area contributed by atoms with Gasteiger partial charge in [-0.05, 0) is 36.6 Å². The van der Waals surface area contributed by atoms with Gasteiger partial charge in [0.25, 0.3) is 0 Å². The van der Waals surface area contributed by atoms with E-state index in [0.29, 0.717) is 6.04 Å². The smallest absolute Gasteiger partial charge is 0.0297 e. The summed E-state index contributed by atoms with van der Waals surface area (Å²) in [5.41, 5.74) is 4.05. The zero-order valence-corrected chi connectivity index (χ0v) is 10.8. The van der Waals surface area contributed by atoms with Gasteiger partial charge in [0.2, 0.25) is 0 Å². The average Bonchev–Trinajstić information content (AvgIpc) is 2.73. The highest BCUT2D eigenvalue weighted by molar-refractivity contribution is 5.28. The summed E-state index contributed by atoms with van der Waals surface area (Å²) in [5, 5.41) is 3.56. The van der Waals surface area contributed by atoms with Crippen molar-refractivity contribution in [3.05, 3.63) is 59.4 Å². The number of aryl methyl sites for hydroxylation is 2. The molecule has 2 rings (SSSR count). The van der Waals surface area contributed by atoms with Gasteiger partial charge in [0.05, 0.1) is 0 Å². The van der Waals surface area contributed by atoms with Crippen LogP contribution >= 0.6 is 0 Å². The number of nitrogens with zero attached hydrogens (tertiary/aromatic N) is 1. The van der Waals surface area contributed by atoms with Gasteiger partial charge >= 0.3 is 0 Å². The van der Waals surface area contributed by atoms with Crippen LogP contribution in [0.15, 0.2) is 42.7 Å². The van der Waals surface area contributed by atoms with E-state index >= 15 is 0 Å². The summed E-state index contributed by atoms with van der Waals surface area (Å²) in [6.07, 6.45) is 4.23. The molecule has 0 aliphatic carbocycles. The first-order chi connectivity index (χ1) is 8.16. The van der Waals surface area contributed by atoms with Gasteiger partial charge in [0.15, 0.2) is 0 Å². The van der Waals surface area contributed by atoms with Crippen LogP contribution in [0.3, 0.4) is 0 Å². The zero-order valence-electron chi connectivity index (χ0n) is 10.8. The highest BCUT2D eigenvalue weighted by Crippen LogP contribution is 2.17. The van der Waals surface area contributed by atoms with Crippen LogP contribution in [-0.4, -0.2) is 4.57 Å². The lowest BCUT2D eigenvalue weighted by Gasteiger charge is -2.16. The van der Waals surface area contributed by atoms with Gasteiger partial charge in [-0.1, -0.05) is 24.3 Å². The monoisotopic (exact) mass is 228 g/mol. The van der Waals surface area contributed by atoms with Gasteiger partial charge in [-0.3, -0.25) is 0 Å². The molecular weight excluding hydrogens is 208 g/mol. The fraction of sp³-hybridized carbons (Fsp3) is 0.333. The maximum absolute atomic E-state index is 3.56. The molecule has 0 amide bonds. The van der Waals surface area contributed by atoms with Gasteiger partial charge in [-0.2, -0.15) is 0 Å². The molecule has 0 unspecified atom stereocenters. The van der Waals surface area contributed by atoms with Crippen molar-refractivity contribution in [1.29, 1.82) is 0 Å². The Balaban J connectivity index is 1.98. The highest BCUT2D eigenvalue weighted by atomic mass is 14.9. The lowest BCUT2D eigenvalue weighted by molar-refractivity contribution is 0.572. The molecule has 0 saturated carbocycles. The minimum atomic E-state index is 0.386. The second kappa shape index (κ2) is 5.19. The Morgan fingerprint density at radius 1 is 1.24 bits per heavy atom. The van der Waals surface area contributed by atoms with E-state index in [1.54, 1.807) is 0 Å². The molecule has 1 aromatic carbocycles. The van der Waals surface area contributed by atoms with Crippen molar-refractivity contribution < 1.29 is 0 Å². The third-order valence-electron chi connectivity index (χ3n) is 3.16. The number of hydrogen-bond donors (Lipinski definition) is 1. The van der Waals surface area contributed by atoms with Crippen molar-refractivity contribution in [3.63, 3.8) is 0 Å². The molecule has 2 heteroatoms. The molecule has 17 heavy (non-hydrogen) atoms. The Morgan fingerprint density at radius 2 is 2.00 bits per heavy atom. The molecule has 0 bridgehead atoms. The van der Waals surface area contributed by atoms with Gasteiger partial charge in [0, 0.05) is 32.0 Å². The summed E-state index contributed by atoms with van der Waals surface area (Å²) < 4.78 is 2.08. The second-order valence-electron chi connectivity index (χ2n) is 4.64. The molecule has 0 aliphatic rings. The van der Waals surface area contributed by atoms with Crippen LogP contribution in [0, 0.1) is 6.92 Å². The minimum Gasteiger partial charge on any atom is -0.357 e. The molecule has 0 saturated heterocycles. The van der Waals surface area contributed by atoms with Crippen molar-refractivity contribution in [2.75, 3.05) is 0 Å². The van der Waals surface area contributed by atoms with E-state index in [-0.39, 0.29) is 0 Å². The molecule has 90 valence electrons. The largest absolute Gasteiger partial charge is 0.357 e. The minimum absolute atomic E-state index is 0.386. The number of rotatable bonds is 4. The quantitative estimate of drug-likeness (QED) is 0.850. The number of benzene rings is 1. The zero-order chi connectivity index (χ0) is 12.3. The summed E-state index contributed by atoms with van der Waals surface area (Å²) in [6.45, 7) is 5.29. The lowest BCUT2D eigenvalue weighted by Crippen LogP contribution is -2.18. The van der Waals surface area contributed by atoms with Crippen LogP contribution in [-0.2, 0) is 13.6 Å². The van der Waals surface area contributed by atoms with Gasteiger partial charge in [-0.15, -0.1) is 0 Å². The van der Waals surface area contributed by atoms with Crippen LogP contribution in [0.4, 0.5) is 0 Å². The molecule has 1 heterocycles. The Labute approximate surface area is 103 Å². The average molecular weight is 228 g/mol. The first kappa shape index (κ1) is 11.9. The Bertz CT molecular complexity index is 485. The molecule has 2 nitrogen and oxygen atoms in total. The molecule has 2 aromatic rings. The summed E-state index contributed by atoms with van der Waals surface area (Å²) in [6, 6.07) is 11.1. The van der Waals surface area contributed by atoms with Crippen molar-refractivity contribution in [3.8, 4) is 0 Å². The summed E-state index contributed by atoms with van der Waals surface area (Å²) in [4.78, 5) is 0. The Morgan fingerprint density at radius 3 is 2.65 bits per heavy atom. The molecule has 0 radical (unpaired) electrons. The van der Waals surface area contributed by atoms with Gasteiger partial charge in [0.1, 0.15) is 0 Å². The first-order valence-electron chi connectivity index (χ1n) is 6.06. The topological polar surface area (TPSA) is 17.0 Å². The van der Waals surface area contributed by atoms with E-state index in [1.807, 2.05) is 7.05 Å². The molecule has 1 atom stereocenters. The van der Waals surface area contributed by atoms with E-state index in [9.17, 15) is 0 Å². The van der Waals surface area contributed by atoms with E-state index in [2.05, 4.69) is 66.5 Å². The fourth-order valence-corrected chi connectivity index (χ4v) is 2.12. The molecule has 1 aromatic heterocycles. The molecule has 0 fully saturated rings. The van der Waals surface area contributed by atoms with E-state index in [4.69, 9.17) is 0 Å². The molecule has 0 aliphatic heterocycles. The normalized spacial score (nSPS) is 12.6. The maximum Gasteiger partial charge on any atom is 0.0297 e. The Kier molecular flexibility index (Phi) is 3.64.